The minimum atomic E-state index is -0.988. The number of likely N-dealkylation sites (tertiary alicyclic amines) is 1. The summed E-state index contributed by atoms with van der Waals surface area (Å²) in [5.41, 5.74) is -0.870. The lowest BCUT2D eigenvalue weighted by molar-refractivity contribution is -0.168. The van der Waals surface area contributed by atoms with Crippen molar-refractivity contribution in [2.24, 2.45) is 16.7 Å². The predicted octanol–water partition coefficient (Wildman–Crippen LogP) is 1.27. The van der Waals surface area contributed by atoms with Crippen molar-refractivity contribution in [2.45, 2.75) is 40.0 Å². The molecule has 18 heavy (non-hydrogen) atoms. The molecule has 2 amide bonds. The average Bonchev–Trinajstić information content (AvgIpc) is 2.44. The second-order valence-electron chi connectivity index (χ2n) is 6.08. The fraction of sp³-hybridized carbons (Fsp3) is 0.769. The molecule has 1 aliphatic heterocycles. The zero-order valence-corrected chi connectivity index (χ0v) is 11.0. The number of amides is 2. The third-order valence-electron chi connectivity index (χ3n) is 5.06. The van der Waals surface area contributed by atoms with E-state index in [1.807, 2.05) is 20.8 Å². The normalized spacial score (nSPS) is 33.9. The minimum Gasteiger partial charge on any atom is -0.481 e. The summed E-state index contributed by atoms with van der Waals surface area (Å²) >= 11 is 0. The smallest absolute Gasteiger partial charge is 0.305 e. The molecule has 0 aromatic heterocycles. The largest absolute Gasteiger partial charge is 0.481 e. The number of aliphatic carboxylic acids is 1. The predicted molar refractivity (Wildman–Crippen MR) is 63.6 cm³/mol. The highest BCUT2D eigenvalue weighted by atomic mass is 16.4. The maximum absolute atomic E-state index is 12.5. The van der Waals surface area contributed by atoms with Gasteiger partial charge in [-0.1, -0.05) is 20.8 Å². The van der Waals surface area contributed by atoms with Crippen LogP contribution in [-0.4, -0.2) is 34.3 Å². The van der Waals surface area contributed by atoms with Crippen LogP contribution in [0.4, 0.5) is 0 Å². The Hall–Kier alpha value is -1.39. The average molecular weight is 253 g/mol. The fourth-order valence-electron chi connectivity index (χ4n) is 3.32. The van der Waals surface area contributed by atoms with Gasteiger partial charge in [-0.25, -0.2) is 0 Å². The lowest BCUT2D eigenvalue weighted by Crippen LogP contribution is -2.59. The Bertz CT molecular complexity index is 429. The molecule has 2 bridgehead atoms. The van der Waals surface area contributed by atoms with Crippen molar-refractivity contribution < 1.29 is 19.5 Å². The van der Waals surface area contributed by atoms with Gasteiger partial charge in [-0.05, 0) is 18.3 Å². The number of piperidine rings is 1. The molecule has 2 rings (SSSR count). The van der Waals surface area contributed by atoms with Crippen LogP contribution in [0.1, 0.15) is 40.0 Å². The first-order valence-electron chi connectivity index (χ1n) is 6.29. The van der Waals surface area contributed by atoms with Gasteiger partial charge in [0.05, 0.1) is 11.8 Å². The summed E-state index contributed by atoms with van der Waals surface area (Å²) in [7, 11) is 0. The van der Waals surface area contributed by atoms with Crippen LogP contribution >= 0.6 is 0 Å². The Labute approximate surface area is 106 Å². The van der Waals surface area contributed by atoms with E-state index >= 15 is 0 Å². The Kier molecular flexibility index (Phi) is 2.76. The first-order valence-corrected chi connectivity index (χ1v) is 6.29. The standard InChI is InChI=1S/C13H19NO4/c1-12(2)8-4-6-13(12,3)11(18)14(10(8)17)7-5-9(15)16/h8H,4-7H2,1-3H3,(H,15,16)/t8-,13+/m1/s1. The molecule has 5 nitrogen and oxygen atoms in total. The molecule has 0 radical (unpaired) electrons. The van der Waals surface area contributed by atoms with Crippen molar-refractivity contribution in [1.82, 2.24) is 4.90 Å². The van der Waals surface area contributed by atoms with Gasteiger partial charge < -0.3 is 5.11 Å². The molecule has 0 aromatic rings. The second kappa shape index (κ2) is 3.80. The number of carbonyl (C=O) groups is 3. The van der Waals surface area contributed by atoms with E-state index in [0.29, 0.717) is 6.42 Å². The molecule has 2 fully saturated rings. The van der Waals surface area contributed by atoms with E-state index in [0.717, 1.165) is 11.3 Å². The van der Waals surface area contributed by atoms with Crippen LogP contribution in [0, 0.1) is 16.7 Å². The number of fused-ring (bicyclic) bond motifs is 2. The van der Waals surface area contributed by atoms with Crippen molar-refractivity contribution in [3.8, 4) is 0 Å². The zero-order chi connectivity index (χ0) is 13.7. The maximum atomic E-state index is 12.5. The zero-order valence-electron chi connectivity index (χ0n) is 11.0. The highest BCUT2D eigenvalue weighted by Gasteiger charge is 2.64. The highest BCUT2D eigenvalue weighted by molar-refractivity contribution is 6.04. The van der Waals surface area contributed by atoms with Crippen molar-refractivity contribution in [3.63, 3.8) is 0 Å². The molecule has 2 aliphatic rings. The number of rotatable bonds is 3. The summed E-state index contributed by atoms with van der Waals surface area (Å²) in [6.45, 7) is 5.83. The van der Waals surface area contributed by atoms with Crippen molar-refractivity contribution in [2.75, 3.05) is 6.54 Å². The monoisotopic (exact) mass is 253 g/mol. The topological polar surface area (TPSA) is 74.7 Å². The van der Waals surface area contributed by atoms with Crippen LogP contribution in [0.3, 0.4) is 0 Å². The van der Waals surface area contributed by atoms with Crippen LogP contribution in [0.25, 0.3) is 0 Å². The van der Waals surface area contributed by atoms with Crippen LogP contribution in [0.5, 0.6) is 0 Å². The van der Waals surface area contributed by atoms with Gasteiger partial charge in [-0.15, -0.1) is 0 Å². The van der Waals surface area contributed by atoms with E-state index in [-0.39, 0.29) is 36.1 Å². The van der Waals surface area contributed by atoms with E-state index in [9.17, 15) is 14.4 Å². The molecule has 1 aliphatic carbocycles. The van der Waals surface area contributed by atoms with Crippen LogP contribution in [0.15, 0.2) is 0 Å². The van der Waals surface area contributed by atoms with Gasteiger partial charge in [-0.2, -0.15) is 0 Å². The molecule has 1 saturated heterocycles. The maximum Gasteiger partial charge on any atom is 0.305 e. The molecule has 0 spiro atoms. The van der Waals surface area contributed by atoms with Gasteiger partial charge in [0.2, 0.25) is 11.8 Å². The van der Waals surface area contributed by atoms with Crippen LogP contribution in [0.2, 0.25) is 0 Å². The first kappa shape index (κ1) is 13.1. The molecule has 1 saturated carbocycles. The van der Waals surface area contributed by atoms with Gasteiger partial charge in [0.25, 0.3) is 0 Å². The number of imide groups is 1. The third-order valence-corrected chi connectivity index (χ3v) is 5.06. The molecular weight excluding hydrogens is 234 g/mol. The van der Waals surface area contributed by atoms with Gasteiger partial charge in [0, 0.05) is 12.5 Å². The van der Waals surface area contributed by atoms with Crippen molar-refractivity contribution in [1.29, 1.82) is 0 Å². The molecule has 0 aromatic carbocycles. The lowest BCUT2D eigenvalue weighted by Gasteiger charge is -2.47. The Morgan fingerprint density at radius 1 is 1.39 bits per heavy atom. The van der Waals surface area contributed by atoms with E-state index in [1.54, 1.807) is 0 Å². The van der Waals surface area contributed by atoms with E-state index in [4.69, 9.17) is 5.11 Å². The number of carboxylic acids is 1. The van der Waals surface area contributed by atoms with Crippen LogP contribution in [-0.2, 0) is 14.4 Å². The summed E-state index contributed by atoms with van der Waals surface area (Å²) in [6.07, 6.45) is 1.25. The van der Waals surface area contributed by atoms with E-state index < -0.39 is 11.4 Å². The van der Waals surface area contributed by atoms with Gasteiger partial charge in [0.15, 0.2) is 0 Å². The SMILES string of the molecule is CC1(C)[C@@H]2CC[C@@]1(C)C(=O)N(CCC(=O)O)C2=O. The second-order valence-corrected chi connectivity index (χ2v) is 6.08. The lowest BCUT2D eigenvalue weighted by atomic mass is 9.62. The van der Waals surface area contributed by atoms with Crippen molar-refractivity contribution >= 4 is 17.8 Å². The third kappa shape index (κ3) is 1.49. The number of nitrogens with zero attached hydrogens (tertiary/aromatic N) is 1. The van der Waals surface area contributed by atoms with Gasteiger partial charge >= 0.3 is 5.97 Å². The molecule has 5 heteroatoms. The molecule has 0 unspecified atom stereocenters. The summed E-state index contributed by atoms with van der Waals surface area (Å²) in [5, 5.41) is 8.68. The summed E-state index contributed by atoms with van der Waals surface area (Å²) in [4.78, 5) is 36.5. The number of carboxylic acid groups (broad SMARTS) is 1. The van der Waals surface area contributed by atoms with Crippen LogP contribution < -0.4 is 0 Å². The van der Waals surface area contributed by atoms with E-state index in [1.165, 1.54) is 0 Å². The fourth-order valence-corrected chi connectivity index (χ4v) is 3.32. The first-order chi connectivity index (χ1) is 8.22. The summed E-state index contributed by atoms with van der Waals surface area (Å²) in [5.74, 6) is -1.54. The molecule has 1 N–H and O–H groups in total. The van der Waals surface area contributed by atoms with Gasteiger partial charge in [0.1, 0.15) is 0 Å². The van der Waals surface area contributed by atoms with Crippen molar-refractivity contribution in [3.05, 3.63) is 0 Å². The highest BCUT2D eigenvalue weighted by Crippen LogP contribution is 2.59. The Balaban J connectivity index is 2.30. The molecular formula is C13H19NO4. The Morgan fingerprint density at radius 3 is 2.56 bits per heavy atom. The molecule has 100 valence electrons. The van der Waals surface area contributed by atoms with Gasteiger partial charge in [-0.3, -0.25) is 19.3 Å². The van der Waals surface area contributed by atoms with E-state index in [2.05, 4.69) is 0 Å². The molecule has 2 atom stereocenters. The Morgan fingerprint density at radius 2 is 2.00 bits per heavy atom. The number of hydrogen-bond donors (Lipinski definition) is 1. The quantitative estimate of drug-likeness (QED) is 0.769. The minimum absolute atomic E-state index is 0.00479. The summed E-state index contributed by atoms with van der Waals surface area (Å²) < 4.78 is 0. The molecule has 1 heterocycles. The number of hydrogen-bond acceptors (Lipinski definition) is 3. The summed E-state index contributed by atoms with van der Waals surface area (Å²) in [6, 6.07) is 0. The number of carbonyl (C=O) groups excluding carboxylic acids is 2.